The number of nitrogens with zero attached hydrogens (tertiary/aromatic N) is 2. The van der Waals surface area contributed by atoms with Crippen LogP contribution in [0.2, 0.25) is 0 Å². The predicted octanol–water partition coefficient (Wildman–Crippen LogP) is 4.35. The zero-order valence-corrected chi connectivity index (χ0v) is 16.6. The molecule has 6 heteroatoms. The summed E-state index contributed by atoms with van der Waals surface area (Å²) >= 11 is 0. The van der Waals surface area contributed by atoms with Crippen LogP contribution in [0.5, 0.6) is 0 Å². The van der Waals surface area contributed by atoms with Crippen LogP contribution in [-0.4, -0.2) is 24.4 Å². The molecule has 2 aromatic rings. The lowest BCUT2D eigenvalue weighted by atomic mass is 10.0. The van der Waals surface area contributed by atoms with Gasteiger partial charge in [-0.15, -0.1) is 0 Å². The lowest BCUT2D eigenvalue weighted by Gasteiger charge is -2.22. The highest BCUT2D eigenvalue weighted by Gasteiger charge is 2.37. The molecule has 1 aromatic heterocycles. The summed E-state index contributed by atoms with van der Waals surface area (Å²) in [5, 5.41) is 4.14. The third kappa shape index (κ3) is 4.01. The van der Waals surface area contributed by atoms with E-state index in [1.807, 2.05) is 18.2 Å². The fourth-order valence-corrected chi connectivity index (χ4v) is 5.25. The van der Waals surface area contributed by atoms with E-state index >= 15 is 0 Å². The van der Waals surface area contributed by atoms with Crippen molar-refractivity contribution in [1.29, 1.82) is 0 Å². The first-order valence-electron chi connectivity index (χ1n) is 9.48. The number of hydrogen-bond acceptors (Lipinski definition) is 4. The lowest BCUT2D eigenvalue weighted by Crippen LogP contribution is -2.30. The van der Waals surface area contributed by atoms with Crippen LogP contribution in [0.1, 0.15) is 63.1 Å². The monoisotopic (exact) mass is 376 g/mol. The van der Waals surface area contributed by atoms with Crippen molar-refractivity contribution in [3.8, 4) is 0 Å². The molecule has 1 saturated heterocycles. The highest BCUT2D eigenvalue weighted by Crippen LogP contribution is 2.36. The summed E-state index contributed by atoms with van der Waals surface area (Å²) < 4.78 is 33.3. The average molecular weight is 377 g/mol. The molecule has 0 spiro atoms. The normalized spacial score (nSPS) is 18.7. The third-order valence-electron chi connectivity index (χ3n) is 4.79. The van der Waals surface area contributed by atoms with Gasteiger partial charge in [-0.05, 0) is 49.3 Å². The van der Waals surface area contributed by atoms with E-state index in [1.54, 1.807) is 16.4 Å². The van der Waals surface area contributed by atoms with Gasteiger partial charge in [0.1, 0.15) is 11.5 Å². The number of rotatable bonds is 7. The molecule has 26 heavy (non-hydrogen) atoms. The summed E-state index contributed by atoms with van der Waals surface area (Å²) in [5.74, 6) is 1.37. The van der Waals surface area contributed by atoms with Crippen LogP contribution < -0.4 is 0 Å². The molecule has 0 saturated carbocycles. The molecule has 1 fully saturated rings. The van der Waals surface area contributed by atoms with Gasteiger partial charge in [0.2, 0.25) is 10.0 Å². The molecule has 0 radical (unpaired) electrons. The third-order valence-corrected chi connectivity index (χ3v) is 6.71. The maximum atomic E-state index is 13.2. The zero-order chi connectivity index (χ0) is 18.7. The highest BCUT2D eigenvalue weighted by molar-refractivity contribution is 7.89. The summed E-state index contributed by atoms with van der Waals surface area (Å²) in [6.07, 6.45) is 4.37. The molecular formula is C20H28N2O3S. The molecule has 2 heterocycles. The maximum Gasteiger partial charge on any atom is 0.243 e. The molecule has 0 aliphatic carbocycles. The van der Waals surface area contributed by atoms with Crippen molar-refractivity contribution in [3.05, 3.63) is 47.3 Å². The van der Waals surface area contributed by atoms with Gasteiger partial charge in [0, 0.05) is 19.0 Å². The van der Waals surface area contributed by atoms with Crippen molar-refractivity contribution in [2.24, 2.45) is 5.92 Å². The van der Waals surface area contributed by atoms with E-state index in [0.717, 1.165) is 49.1 Å². The van der Waals surface area contributed by atoms with E-state index in [-0.39, 0.29) is 6.04 Å². The SMILES string of the molecule is CCCc1cc([C@H]2CCCN2S(=O)(=O)c2ccc(CC(C)C)cc2)no1. The quantitative estimate of drug-likeness (QED) is 0.720. The Bertz CT molecular complexity index is 825. The molecule has 1 aliphatic rings. The fourth-order valence-electron chi connectivity index (χ4n) is 3.58. The smallest absolute Gasteiger partial charge is 0.243 e. The number of aromatic nitrogens is 1. The van der Waals surface area contributed by atoms with E-state index < -0.39 is 10.0 Å². The number of aryl methyl sites for hydroxylation is 1. The predicted molar refractivity (Wildman–Crippen MR) is 101 cm³/mol. The molecule has 1 aliphatic heterocycles. The Hall–Kier alpha value is -1.66. The zero-order valence-electron chi connectivity index (χ0n) is 15.8. The van der Waals surface area contributed by atoms with Gasteiger partial charge in [0.25, 0.3) is 0 Å². The van der Waals surface area contributed by atoms with Crippen LogP contribution in [-0.2, 0) is 22.9 Å². The summed E-state index contributed by atoms with van der Waals surface area (Å²) in [6, 6.07) is 8.99. The van der Waals surface area contributed by atoms with Crippen LogP contribution in [0.25, 0.3) is 0 Å². The van der Waals surface area contributed by atoms with Gasteiger partial charge in [0.05, 0.1) is 10.9 Å². The average Bonchev–Trinajstić information content (AvgIpc) is 3.24. The van der Waals surface area contributed by atoms with E-state index in [1.165, 1.54) is 0 Å². The van der Waals surface area contributed by atoms with Crippen molar-refractivity contribution in [1.82, 2.24) is 9.46 Å². The molecular weight excluding hydrogens is 348 g/mol. The van der Waals surface area contributed by atoms with Gasteiger partial charge in [-0.25, -0.2) is 8.42 Å². The summed E-state index contributed by atoms with van der Waals surface area (Å²) in [7, 11) is -3.53. The van der Waals surface area contributed by atoms with Gasteiger partial charge in [0.15, 0.2) is 0 Å². The van der Waals surface area contributed by atoms with Gasteiger partial charge in [-0.2, -0.15) is 4.31 Å². The van der Waals surface area contributed by atoms with Crippen molar-refractivity contribution in [2.45, 2.75) is 63.8 Å². The van der Waals surface area contributed by atoms with Crippen LogP contribution in [0.3, 0.4) is 0 Å². The summed E-state index contributed by atoms with van der Waals surface area (Å²) in [4.78, 5) is 0.356. The first-order valence-corrected chi connectivity index (χ1v) is 10.9. The highest BCUT2D eigenvalue weighted by atomic mass is 32.2. The number of sulfonamides is 1. The molecule has 142 valence electrons. The van der Waals surface area contributed by atoms with Gasteiger partial charge in [-0.1, -0.05) is 38.1 Å². The standard InChI is InChI=1S/C20H28N2O3S/c1-4-6-17-14-19(21-25-17)20-7-5-12-22(20)26(23,24)18-10-8-16(9-11-18)13-15(2)3/h8-11,14-15,20H,4-7,12-13H2,1-3H3/t20-/m1/s1. The minimum absolute atomic E-state index is 0.232. The number of benzene rings is 1. The van der Waals surface area contributed by atoms with Crippen LogP contribution in [0.4, 0.5) is 0 Å². The summed E-state index contributed by atoms with van der Waals surface area (Å²) in [6.45, 7) is 6.92. The Morgan fingerprint density at radius 3 is 2.65 bits per heavy atom. The molecule has 0 bridgehead atoms. The Morgan fingerprint density at radius 2 is 2.00 bits per heavy atom. The van der Waals surface area contributed by atoms with Gasteiger partial charge >= 0.3 is 0 Å². The molecule has 5 nitrogen and oxygen atoms in total. The second-order valence-electron chi connectivity index (χ2n) is 7.48. The first-order chi connectivity index (χ1) is 12.4. The van der Waals surface area contributed by atoms with Gasteiger partial charge < -0.3 is 4.52 Å². The molecule has 0 unspecified atom stereocenters. The maximum absolute atomic E-state index is 13.2. The fraction of sp³-hybridized carbons (Fsp3) is 0.550. The minimum Gasteiger partial charge on any atom is -0.361 e. The van der Waals surface area contributed by atoms with E-state index in [4.69, 9.17) is 4.52 Å². The Kier molecular flexibility index (Phi) is 5.82. The Labute approximate surface area is 156 Å². The second kappa shape index (κ2) is 7.92. The van der Waals surface area contributed by atoms with Crippen molar-refractivity contribution in [3.63, 3.8) is 0 Å². The molecule has 1 aromatic carbocycles. The molecule has 0 amide bonds. The second-order valence-corrected chi connectivity index (χ2v) is 9.37. The van der Waals surface area contributed by atoms with Crippen LogP contribution in [0, 0.1) is 5.92 Å². The minimum atomic E-state index is -3.53. The Balaban J connectivity index is 1.82. The molecule has 3 rings (SSSR count). The molecule has 0 N–H and O–H groups in total. The van der Waals surface area contributed by atoms with Crippen molar-refractivity contribution in [2.75, 3.05) is 6.54 Å². The number of hydrogen-bond donors (Lipinski definition) is 0. The van der Waals surface area contributed by atoms with E-state index in [0.29, 0.717) is 17.4 Å². The first kappa shape index (κ1) is 19.1. The van der Waals surface area contributed by atoms with Crippen LogP contribution in [0.15, 0.2) is 39.8 Å². The van der Waals surface area contributed by atoms with E-state index in [2.05, 4.69) is 25.9 Å². The largest absolute Gasteiger partial charge is 0.361 e. The van der Waals surface area contributed by atoms with Crippen molar-refractivity contribution < 1.29 is 12.9 Å². The van der Waals surface area contributed by atoms with E-state index in [9.17, 15) is 8.42 Å². The lowest BCUT2D eigenvalue weighted by molar-refractivity contribution is 0.343. The topological polar surface area (TPSA) is 63.4 Å². The van der Waals surface area contributed by atoms with Gasteiger partial charge in [-0.3, -0.25) is 0 Å². The van der Waals surface area contributed by atoms with Crippen LogP contribution >= 0.6 is 0 Å². The molecule has 1 atom stereocenters. The van der Waals surface area contributed by atoms with Crippen molar-refractivity contribution >= 4 is 10.0 Å². The summed E-state index contributed by atoms with van der Waals surface area (Å²) in [5.41, 5.74) is 1.89. The Morgan fingerprint density at radius 1 is 1.27 bits per heavy atom.